The maximum absolute atomic E-state index is 12.7. The van der Waals surface area contributed by atoms with Crippen molar-refractivity contribution in [3.05, 3.63) is 69.0 Å². The van der Waals surface area contributed by atoms with Crippen LogP contribution in [0, 0.1) is 6.92 Å². The first-order valence-corrected chi connectivity index (χ1v) is 9.15. The largest absolute Gasteiger partial charge is 0.458 e. The molecule has 4 rings (SSSR count). The van der Waals surface area contributed by atoms with Gasteiger partial charge in [-0.2, -0.15) is 0 Å². The number of aromatic nitrogens is 5. The zero-order chi connectivity index (χ0) is 21.4. The molecule has 3 aromatic heterocycles. The minimum atomic E-state index is -0.737. The molecule has 0 amide bonds. The van der Waals surface area contributed by atoms with Crippen molar-refractivity contribution in [1.29, 1.82) is 0 Å². The lowest BCUT2D eigenvalue weighted by Gasteiger charge is -2.08. The Morgan fingerprint density at radius 3 is 2.63 bits per heavy atom. The van der Waals surface area contributed by atoms with E-state index in [0.29, 0.717) is 17.3 Å². The summed E-state index contributed by atoms with van der Waals surface area (Å²) in [6, 6.07) is 9.34. The minimum absolute atomic E-state index is 0.135. The standard InChI is InChI=1S/C20H19N5O5/c1-12-14(22-18(30-12)13-7-5-4-6-8-13)10-29-15(26)9-25-19(27)16-17(21-11-23(16)2)24(3)20(25)28/h4-8,11H,9-10H2,1-3H3. The number of nitrogens with zero attached hydrogens (tertiary/aromatic N) is 5. The number of rotatable bonds is 5. The summed E-state index contributed by atoms with van der Waals surface area (Å²) in [6.07, 6.45) is 1.44. The Hall–Kier alpha value is -3.95. The van der Waals surface area contributed by atoms with Crippen LogP contribution in [-0.4, -0.2) is 29.6 Å². The number of carbonyl (C=O) groups excluding carboxylic acids is 1. The highest BCUT2D eigenvalue weighted by molar-refractivity contribution is 5.72. The van der Waals surface area contributed by atoms with Crippen molar-refractivity contribution in [2.75, 3.05) is 0 Å². The highest BCUT2D eigenvalue weighted by Crippen LogP contribution is 2.21. The van der Waals surface area contributed by atoms with Crippen LogP contribution < -0.4 is 11.2 Å². The molecule has 3 heterocycles. The second kappa shape index (κ2) is 7.47. The van der Waals surface area contributed by atoms with Crippen molar-refractivity contribution < 1.29 is 13.9 Å². The molecule has 0 radical (unpaired) electrons. The normalized spacial score (nSPS) is 11.2. The van der Waals surface area contributed by atoms with Gasteiger partial charge in [-0.05, 0) is 19.1 Å². The van der Waals surface area contributed by atoms with Crippen LogP contribution in [0.1, 0.15) is 11.5 Å². The highest BCUT2D eigenvalue weighted by Gasteiger charge is 2.18. The first-order chi connectivity index (χ1) is 14.4. The van der Waals surface area contributed by atoms with Gasteiger partial charge in [-0.25, -0.2) is 19.3 Å². The number of esters is 1. The average Bonchev–Trinajstić information content (AvgIpc) is 3.31. The van der Waals surface area contributed by atoms with Gasteiger partial charge in [0.05, 0.1) is 6.33 Å². The number of hydrogen-bond donors (Lipinski definition) is 0. The molecule has 10 nitrogen and oxygen atoms in total. The topological polar surface area (TPSA) is 114 Å². The Balaban J connectivity index is 1.53. The molecule has 30 heavy (non-hydrogen) atoms. The van der Waals surface area contributed by atoms with Crippen LogP contribution >= 0.6 is 0 Å². The van der Waals surface area contributed by atoms with Crippen molar-refractivity contribution in [3.8, 4) is 11.5 Å². The van der Waals surface area contributed by atoms with Gasteiger partial charge in [-0.3, -0.25) is 14.2 Å². The molecule has 0 aliphatic heterocycles. The number of benzene rings is 1. The van der Waals surface area contributed by atoms with Crippen molar-refractivity contribution in [1.82, 2.24) is 23.7 Å². The fourth-order valence-corrected chi connectivity index (χ4v) is 3.13. The summed E-state index contributed by atoms with van der Waals surface area (Å²) in [7, 11) is 3.13. The van der Waals surface area contributed by atoms with Gasteiger partial charge in [-0.15, -0.1) is 0 Å². The Bertz CT molecular complexity index is 1360. The van der Waals surface area contributed by atoms with Crippen molar-refractivity contribution in [3.63, 3.8) is 0 Å². The molecule has 0 unspecified atom stereocenters. The fraction of sp³-hybridized carbons (Fsp3) is 0.250. The Morgan fingerprint density at radius 1 is 1.17 bits per heavy atom. The quantitative estimate of drug-likeness (QED) is 0.454. The summed E-state index contributed by atoms with van der Waals surface area (Å²) < 4.78 is 14.4. The van der Waals surface area contributed by atoms with E-state index >= 15 is 0 Å². The van der Waals surface area contributed by atoms with E-state index in [4.69, 9.17) is 9.15 Å². The Morgan fingerprint density at radius 2 is 1.90 bits per heavy atom. The van der Waals surface area contributed by atoms with E-state index in [1.54, 1.807) is 14.0 Å². The van der Waals surface area contributed by atoms with E-state index in [2.05, 4.69) is 9.97 Å². The fourth-order valence-electron chi connectivity index (χ4n) is 3.13. The summed E-state index contributed by atoms with van der Waals surface area (Å²) in [5.74, 6) is 0.205. The van der Waals surface area contributed by atoms with Gasteiger partial charge in [-0.1, -0.05) is 18.2 Å². The number of aryl methyl sites for hydroxylation is 3. The summed E-state index contributed by atoms with van der Waals surface area (Å²) in [5.41, 5.74) is 0.497. The number of ether oxygens (including phenoxy) is 1. The van der Waals surface area contributed by atoms with Gasteiger partial charge in [0.1, 0.15) is 24.6 Å². The molecule has 10 heteroatoms. The van der Waals surface area contributed by atoms with Crippen LogP contribution in [-0.2, 0) is 36.8 Å². The third-order valence-electron chi connectivity index (χ3n) is 4.77. The molecule has 0 N–H and O–H groups in total. The molecule has 0 spiro atoms. The second-order valence-corrected chi connectivity index (χ2v) is 6.81. The zero-order valence-corrected chi connectivity index (χ0v) is 16.7. The summed E-state index contributed by atoms with van der Waals surface area (Å²) in [6.45, 7) is 1.07. The first kappa shape index (κ1) is 19.4. The second-order valence-electron chi connectivity index (χ2n) is 6.81. The number of fused-ring (bicyclic) bond motifs is 1. The summed E-state index contributed by atoms with van der Waals surface area (Å²) in [5, 5.41) is 0. The maximum Gasteiger partial charge on any atom is 0.333 e. The van der Waals surface area contributed by atoms with Crippen LogP contribution in [0.25, 0.3) is 22.6 Å². The smallest absolute Gasteiger partial charge is 0.333 e. The summed E-state index contributed by atoms with van der Waals surface area (Å²) in [4.78, 5) is 45.9. The Kier molecular flexibility index (Phi) is 4.82. The molecule has 0 aliphatic rings. The lowest BCUT2D eigenvalue weighted by molar-refractivity contribution is -0.145. The molecule has 154 valence electrons. The van der Waals surface area contributed by atoms with Crippen LogP contribution in [0.15, 0.2) is 50.7 Å². The summed E-state index contributed by atoms with van der Waals surface area (Å²) >= 11 is 0. The molecule has 4 aromatic rings. The van der Waals surface area contributed by atoms with Crippen LogP contribution in [0.5, 0.6) is 0 Å². The van der Waals surface area contributed by atoms with E-state index < -0.39 is 23.8 Å². The highest BCUT2D eigenvalue weighted by atomic mass is 16.5. The lowest BCUT2D eigenvalue weighted by Crippen LogP contribution is -2.41. The average molecular weight is 409 g/mol. The molecular weight excluding hydrogens is 390 g/mol. The molecule has 1 aromatic carbocycles. The van der Waals surface area contributed by atoms with Crippen LogP contribution in [0.3, 0.4) is 0 Å². The number of imidazole rings is 1. The minimum Gasteiger partial charge on any atom is -0.458 e. The van der Waals surface area contributed by atoms with Gasteiger partial charge in [0, 0.05) is 19.7 Å². The van der Waals surface area contributed by atoms with Crippen molar-refractivity contribution in [2.45, 2.75) is 20.1 Å². The first-order valence-electron chi connectivity index (χ1n) is 9.15. The van der Waals surface area contributed by atoms with E-state index in [9.17, 15) is 14.4 Å². The van der Waals surface area contributed by atoms with E-state index in [1.165, 1.54) is 22.5 Å². The predicted molar refractivity (Wildman–Crippen MR) is 107 cm³/mol. The van der Waals surface area contributed by atoms with Gasteiger partial charge in [0.25, 0.3) is 5.56 Å². The number of carbonyl (C=O) groups is 1. The molecular formula is C20H19N5O5. The van der Waals surface area contributed by atoms with Gasteiger partial charge < -0.3 is 13.7 Å². The van der Waals surface area contributed by atoms with E-state index in [-0.39, 0.29) is 17.8 Å². The molecule has 0 atom stereocenters. The predicted octanol–water partition coefficient (Wildman–Crippen LogP) is 1.14. The molecule has 0 aliphatic carbocycles. The SMILES string of the molecule is Cc1oc(-c2ccccc2)nc1COC(=O)Cn1c(=O)c2c(ncn2C)n(C)c1=O. The molecule has 0 fully saturated rings. The van der Waals surface area contributed by atoms with E-state index in [0.717, 1.165) is 10.1 Å². The van der Waals surface area contributed by atoms with Gasteiger partial charge in [0.15, 0.2) is 11.2 Å². The third kappa shape index (κ3) is 3.32. The Labute approximate surface area is 170 Å². The van der Waals surface area contributed by atoms with Crippen LogP contribution in [0.4, 0.5) is 0 Å². The molecule has 0 saturated carbocycles. The molecule has 0 bridgehead atoms. The van der Waals surface area contributed by atoms with Gasteiger partial charge in [0.2, 0.25) is 5.89 Å². The molecule has 0 saturated heterocycles. The lowest BCUT2D eigenvalue weighted by atomic mass is 10.2. The van der Waals surface area contributed by atoms with Crippen LogP contribution in [0.2, 0.25) is 0 Å². The van der Waals surface area contributed by atoms with Gasteiger partial charge >= 0.3 is 11.7 Å². The maximum atomic E-state index is 12.7. The third-order valence-corrected chi connectivity index (χ3v) is 4.77. The van der Waals surface area contributed by atoms with Crippen molar-refractivity contribution >= 4 is 17.1 Å². The number of hydrogen-bond acceptors (Lipinski definition) is 7. The van der Waals surface area contributed by atoms with E-state index in [1.807, 2.05) is 30.3 Å². The monoisotopic (exact) mass is 409 g/mol. The number of oxazole rings is 1. The zero-order valence-electron chi connectivity index (χ0n) is 16.7. The van der Waals surface area contributed by atoms with Crippen molar-refractivity contribution in [2.24, 2.45) is 14.1 Å².